The summed E-state index contributed by atoms with van der Waals surface area (Å²) in [5.41, 5.74) is 1.28. The van der Waals surface area contributed by atoms with E-state index in [0.717, 1.165) is 16.8 Å². The van der Waals surface area contributed by atoms with Crippen molar-refractivity contribution >= 4 is 33.3 Å². The van der Waals surface area contributed by atoms with Gasteiger partial charge in [-0.1, -0.05) is 12.1 Å². The Bertz CT molecular complexity index is 621. The van der Waals surface area contributed by atoms with E-state index in [9.17, 15) is 0 Å². The minimum atomic E-state index is 0.568. The van der Waals surface area contributed by atoms with Crippen LogP contribution in [-0.2, 0) is 0 Å². The van der Waals surface area contributed by atoms with E-state index in [1.54, 1.807) is 6.07 Å². The van der Waals surface area contributed by atoms with Crippen LogP contribution in [0.5, 0.6) is 0 Å². The van der Waals surface area contributed by atoms with E-state index in [2.05, 4.69) is 42.6 Å². The number of nitrogens with one attached hydrogen (secondary N) is 2. The highest BCUT2D eigenvalue weighted by Gasteiger charge is 2.09. The molecule has 6 heteroatoms. The van der Waals surface area contributed by atoms with Gasteiger partial charge >= 0.3 is 0 Å². The zero-order valence-electron chi connectivity index (χ0n) is 10.3. The Labute approximate surface area is 119 Å². The number of aromatic nitrogens is 2. The summed E-state index contributed by atoms with van der Waals surface area (Å²) in [5.74, 6) is 1.34. The van der Waals surface area contributed by atoms with Crippen molar-refractivity contribution in [2.45, 2.75) is 6.92 Å². The van der Waals surface area contributed by atoms with Gasteiger partial charge in [0.15, 0.2) is 0 Å². The van der Waals surface area contributed by atoms with Crippen LogP contribution in [0.4, 0.5) is 17.3 Å². The number of para-hydroxylation sites is 1. The lowest BCUT2D eigenvalue weighted by Crippen LogP contribution is -2.04. The van der Waals surface area contributed by atoms with Gasteiger partial charge in [0.2, 0.25) is 0 Å². The van der Waals surface area contributed by atoms with E-state index in [-0.39, 0.29) is 0 Å². The van der Waals surface area contributed by atoms with E-state index in [0.29, 0.717) is 17.1 Å². The smallest absolute Gasteiger partial charge is 0.150 e. The number of nitrogens with zero attached hydrogens (tertiary/aromatic N) is 3. The highest BCUT2D eigenvalue weighted by Crippen LogP contribution is 2.29. The van der Waals surface area contributed by atoms with Crippen LogP contribution >= 0.6 is 15.9 Å². The van der Waals surface area contributed by atoms with Gasteiger partial charge < -0.3 is 10.6 Å². The molecule has 2 aromatic rings. The maximum Gasteiger partial charge on any atom is 0.150 e. The molecule has 1 aromatic carbocycles. The predicted octanol–water partition coefficient (Wildman–Crippen LogP) is 3.29. The van der Waals surface area contributed by atoms with Crippen molar-refractivity contribution in [3.05, 3.63) is 40.6 Å². The van der Waals surface area contributed by atoms with Gasteiger partial charge in [-0.15, -0.1) is 0 Å². The summed E-state index contributed by atoms with van der Waals surface area (Å²) in [4.78, 5) is 8.31. The normalized spacial score (nSPS) is 9.74. The van der Waals surface area contributed by atoms with E-state index in [1.807, 2.05) is 25.1 Å². The van der Waals surface area contributed by atoms with E-state index in [1.165, 1.54) is 6.33 Å². The Morgan fingerprint density at radius 1 is 1.26 bits per heavy atom. The monoisotopic (exact) mass is 317 g/mol. The van der Waals surface area contributed by atoms with Crippen LogP contribution in [0.3, 0.4) is 0 Å². The molecule has 2 rings (SSSR count). The minimum Gasteiger partial charge on any atom is -0.369 e. The fourth-order valence-corrected chi connectivity index (χ4v) is 2.01. The molecule has 0 spiro atoms. The Balaban J connectivity index is 2.34. The molecule has 0 saturated carbocycles. The van der Waals surface area contributed by atoms with Gasteiger partial charge in [0.05, 0.1) is 11.3 Å². The molecule has 0 radical (unpaired) electrons. The molecule has 0 amide bonds. The first-order valence-electron chi connectivity index (χ1n) is 5.76. The van der Waals surface area contributed by atoms with Crippen LogP contribution < -0.4 is 10.6 Å². The number of hydrogen-bond acceptors (Lipinski definition) is 5. The highest BCUT2D eigenvalue weighted by atomic mass is 79.9. The van der Waals surface area contributed by atoms with Gasteiger partial charge in [0.25, 0.3) is 0 Å². The van der Waals surface area contributed by atoms with Gasteiger partial charge in [-0.3, -0.25) is 0 Å². The molecule has 96 valence electrons. The Kier molecular flexibility index (Phi) is 4.31. The highest BCUT2D eigenvalue weighted by molar-refractivity contribution is 9.10. The van der Waals surface area contributed by atoms with Crippen molar-refractivity contribution in [3.8, 4) is 6.07 Å². The molecule has 19 heavy (non-hydrogen) atoms. The summed E-state index contributed by atoms with van der Waals surface area (Å²) < 4.78 is 0.740. The summed E-state index contributed by atoms with van der Waals surface area (Å²) in [6, 6.07) is 9.41. The number of anilines is 3. The maximum atomic E-state index is 9.06. The lowest BCUT2D eigenvalue weighted by molar-refractivity contribution is 1.10. The topological polar surface area (TPSA) is 73.6 Å². The molecule has 1 heterocycles. The molecule has 0 unspecified atom stereocenters. The van der Waals surface area contributed by atoms with E-state index in [4.69, 9.17) is 5.26 Å². The standard InChI is InChI=1S/C13H12BrN5/c1-2-16-12-11(14)13(18-8-17-12)19-10-6-4-3-5-9(10)7-15/h3-6,8H,2H2,1H3,(H2,16,17,18,19). The minimum absolute atomic E-state index is 0.568. The molecular formula is C13H12BrN5. The fourth-order valence-electron chi connectivity index (χ4n) is 1.56. The number of hydrogen-bond donors (Lipinski definition) is 2. The molecule has 1 aromatic heterocycles. The van der Waals surface area contributed by atoms with Crippen molar-refractivity contribution in [1.82, 2.24) is 9.97 Å². The lowest BCUT2D eigenvalue weighted by Gasteiger charge is -2.11. The third-order valence-electron chi connectivity index (χ3n) is 2.43. The Morgan fingerprint density at radius 2 is 2.00 bits per heavy atom. The summed E-state index contributed by atoms with van der Waals surface area (Å²) in [7, 11) is 0. The van der Waals surface area contributed by atoms with Gasteiger partial charge in [-0.25, -0.2) is 9.97 Å². The second-order valence-electron chi connectivity index (χ2n) is 3.70. The zero-order valence-corrected chi connectivity index (χ0v) is 11.9. The largest absolute Gasteiger partial charge is 0.369 e. The molecule has 2 N–H and O–H groups in total. The zero-order chi connectivity index (χ0) is 13.7. The van der Waals surface area contributed by atoms with Gasteiger partial charge in [-0.05, 0) is 35.0 Å². The molecule has 0 aliphatic carbocycles. The number of benzene rings is 1. The average molecular weight is 318 g/mol. The first kappa shape index (κ1) is 13.3. The molecule has 0 aliphatic rings. The van der Waals surface area contributed by atoms with Gasteiger partial charge in [0.1, 0.15) is 28.5 Å². The summed E-state index contributed by atoms with van der Waals surface area (Å²) in [6.45, 7) is 2.76. The SMILES string of the molecule is CCNc1ncnc(Nc2ccccc2C#N)c1Br. The van der Waals surface area contributed by atoms with Crippen LogP contribution in [0, 0.1) is 11.3 Å². The summed E-state index contributed by atoms with van der Waals surface area (Å²) in [5, 5.41) is 15.3. The number of rotatable bonds is 4. The molecule has 0 fully saturated rings. The van der Waals surface area contributed by atoms with Gasteiger partial charge in [-0.2, -0.15) is 5.26 Å². The van der Waals surface area contributed by atoms with Crippen molar-refractivity contribution in [1.29, 1.82) is 5.26 Å². The third kappa shape index (κ3) is 3.01. The molecule has 0 aliphatic heterocycles. The molecule has 0 saturated heterocycles. The first-order chi connectivity index (χ1) is 9.26. The third-order valence-corrected chi connectivity index (χ3v) is 3.19. The summed E-state index contributed by atoms with van der Waals surface area (Å²) in [6.07, 6.45) is 1.47. The average Bonchev–Trinajstić information content (AvgIpc) is 2.44. The van der Waals surface area contributed by atoms with Crippen LogP contribution in [-0.4, -0.2) is 16.5 Å². The van der Waals surface area contributed by atoms with Crippen LogP contribution in [0.1, 0.15) is 12.5 Å². The van der Waals surface area contributed by atoms with Crippen molar-refractivity contribution in [2.24, 2.45) is 0 Å². The second kappa shape index (κ2) is 6.16. The lowest BCUT2D eigenvalue weighted by atomic mass is 10.2. The molecule has 0 atom stereocenters. The number of halogens is 1. The van der Waals surface area contributed by atoms with E-state index >= 15 is 0 Å². The Morgan fingerprint density at radius 3 is 2.74 bits per heavy atom. The first-order valence-corrected chi connectivity index (χ1v) is 6.56. The van der Waals surface area contributed by atoms with Crippen molar-refractivity contribution in [3.63, 3.8) is 0 Å². The van der Waals surface area contributed by atoms with Crippen molar-refractivity contribution in [2.75, 3.05) is 17.2 Å². The van der Waals surface area contributed by atoms with Crippen molar-refractivity contribution < 1.29 is 0 Å². The van der Waals surface area contributed by atoms with E-state index < -0.39 is 0 Å². The molecule has 5 nitrogen and oxygen atoms in total. The summed E-state index contributed by atoms with van der Waals surface area (Å²) >= 11 is 3.45. The van der Waals surface area contributed by atoms with Crippen LogP contribution in [0.2, 0.25) is 0 Å². The second-order valence-corrected chi connectivity index (χ2v) is 4.49. The van der Waals surface area contributed by atoms with Crippen LogP contribution in [0.25, 0.3) is 0 Å². The fraction of sp³-hybridized carbons (Fsp3) is 0.154. The Hall–Kier alpha value is -2.13. The molecular weight excluding hydrogens is 306 g/mol. The maximum absolute atomic E-state index is 9.06. The predicted molar refractivity (Wildman–Crippen MR) is 78.3 cm³/mol. The molecule has 0 bridgehead atoms. The van der Waals surface area contributed by atoms with Gasteiger partial charge in [0, 0.05) is 6.54 Å². The van der Waals surface area contributed by atoms with Crippen LogP contribution in [0.15, 0.2) is 35.1 Å². The number of nitriles is 1. The quantitative estimate of drug-likeness (QED) is 0.905.